The lowest BCUT2D eigenvalue weighted by Gasteiger charge is -2.15. The molecule has 9 nitrogen and oxygen atoms in total. The van der Waals surface area contributed by atoms with E-state index in [1.807, 2.05) is 0 Å². The molecule has 0 saturated carbocycles. The van der Waals surface area contributed by atoms with Gasteiger partial charge in [0.1, 0.15) is 5.75 Å². The number of ether oxygens (including phenoxy) is 5. The van der Waals surface area contributed by atoms with E-state index in [4.69, 9.17) is 18.9 Å². The van der Waals surface area contributed by atoms with Gasteiger partial charge in [0.15, 0.2) is 23.0 Å². The standard InChI is InChI=1S/C25H24F3NO8S/c1-33-21-14-19(29-38(31,32)18-7-5-6-17(13-18)37-25(26,27)28)16(12-20(21)30)9-8-15-10-22(34-2)24(36-4)23(11-15)35-3/h5-14,29-30H,1-4H3/b9-8-. The Morgan fingerprint density at radius 2 is 1.47 bits per heavy atom. The molecule has 3 aromatic rings. The maximum atomic E-state index is 13.0. The maximum Gasteiger partial charge on any atom is 0.573 e. The number of nitrogens with one attached hydrogen (secondary N) is 1. The summed E-state index contributed by atoms with van der Waals surface area (Å²) in [7, 11) is 1.25. The van der Waals surface area contributed by atoms with Crippen LogP contribution < -0.4 is 28.4 Å². The van der Waals surface area contributed by atoms with Gasteiger partial charge in [-0.15, -0.1) is 13.2 Å². The highest BCUT2D eigenvalue weighted by molar-refractivity contribution is 7.92. The monoisotopic (exact) mass is 555 g/mol. The summed E-state index contributed by atoms with van der Waals surface area (Å²) in [5.74, 6) is 0.116. The first-order chi connectivity index (χ1) is 17.9. The number of phenolic OH excluding ortho intramolecular Hbond substituents is 1. The first-order valence-corrected chi connectivity index (χ1v) is 12.2. The van der Waals surface area contributed by atoms with Gasteiger partial charge in [0.2, 0.25) is 5.75 Å². The van der Waals surface area contributed by atoms with Crippen molar-refractivity contribution in [1.29, 1.82) is 0 Å². The van der Waals surface area contributed by atoms with Gasteiger partial charge >= 0.3 is 6.36 Å². The summed E-state index contributed by atoms with van der Waals surface area (Å²) in [4.78, 5) is -0.481. The van der Waals surface area contributed by atoms with Crippen LogP contribution in [0.2, 0.25) is 0 Å². The molecule has 38 heavy (non-hydrogen) atoms. The van der Waals surface area contributed by atoms with E-state index in [1.54, 1.807) is 18.2 Å². The van der Waals surface area contributed by atoms with Gasteiger partial charge in [0.25, 0.3) is 10.0 Å². The maximum absolute atomic E-state index is 13.0. The predicted molar refractivity (Wildman–Crippen MR) is 134 cm³/mol. The lowest BCUT2D eigenvalue weighted by molar-refractivity contribution is -0.274. The van der Waals surface area contributed by atoms with Crippen molar-refractivity contribution in [3.63, 3.8) is 0 Å². The SMILES string of the molecule is COc1cc(NS(=O)(=O)c2cccc(OC(F)(F)F)c2)c(/C=C\c2cc(OC)c(OC)c(OC)c2)cc1O. The number of anilines is 1. The van der Waals surface area contributed by atoms with E-state index in [0.717, 1.165) is 24.3 Å². The Morgan fingerprint density at radius 1 is 0.842 bits per heavy atom. The predicted octanol–water partition coefficient (Wildman–Crippen LogP) is 5.30. The smallest absolute Gasteiger partial charge is 0.504 e. The number of alkyl halides is 3. The van der Waals surface area contributed by atoms with Crippen molar-refractivity contribution in [3.05, 3.63) is 59.7 Å². The van der Waals surface area contributed by atoms with Crippen LogP contribution in [0.3, 0.4) is 0 Å². The number of hydrogen-bond donors (Lipinski definition) is 2. The molecule has 0 saturated heterocycles. The number of benzene rings is 3. The number of methoxy groups -OCH3 is 4. The van der Waals surface area contributed by atoms with E-state index in [0.29, 0.717) is 22.8 Å². The van der Waals surface area contributed by atoms with Gasteiger partial charge in [-0.1, -0.05) is 18.2 Å². The molecule has 204 valence electrons. The molecule has 2 N–H and O–H groups in total. The molecule has 0 bridgehead atoms. The van der Waals surface area contributed by atoms with Crippen molar-refractivity contribution in [2.24, 2.45) is 0 Å². The minimum atomic E-state index is -5.00. The van der Waals surface area contributed by atoms with Crippen LogP contribution in [0.25, 0.3) is 12.2 Å². The lowest BCUT2D eigenvalue weighted by atomic mass is 10.1. The van der Waals surface area contributed by atoms with Crippen LogP contribution in [-0.4, -0.2) is 48.3 Å². The molecule has 0 heterocycles. The third-order valence-electron chi connectivity index (χ3n) is 5.09. The number of rotatable bonds is 10. The lowest BCUT2D eigenvalue weighted by Crippen LogP contribution is -2.18. The summed E-state index contributed by atoms with van der Waals surface area (Å²) in [6, 6.07) is 9.72. The molecule has 0 fully saturated rings. The molecule has 0 aliphatic carbocycles. The minimum absolute atomic E-state index is 0.0227. The van der Waals surface area contributed by atoms with E-state index in [1.165, 1.54) is 46.6 Å². The summed E-state index contributed by atoms with van der Waals surface area (Å²) in [5.41, 5.74) is 0.773. The molecule has 0 radical (unpaired) electrons. The Labute approximate surface area is 217 Å². The van der Waals surface area contributed by atoms with E-state index >= 15 is 0 Å². The molecule has 0 aliphatic rings. The van der Waals surface area contributed by atoms with Crippen LogP contribution in [-0.2, 0) is 10.0 Å². The first kappa shape index (κ1) is 28.3. The summed E-state index contributed by atoms with van der Waals surface area (Å²) in [5, 5.41) is 10.3. The first-order valence-electron chi connectivity index (χ1n) is 10.7. The average Bonchev–Trinajstić information content (AvgIpc) is 2.86. The topological polar surface area (TPSA) is 113 Å². The second kappa shape index (κ2) is 11.4. The van der Waals surface area contributed by atoms with Crippen molar-refractivity contribution >= 4 is 27.9 Å². The fourth-order valence-corrected chi connectivity index (χ4v) is 4.51. The van der Waals surface area contributed by atoms with E-state index in [2.05, 4.69) is 9.46 Å². The van der Waals surface area contributed by atoms with Crippen LogP contribution in [0.4, 0.5) is 18.9 Å². The zero-order chi connectivity index (χ0) is 28.1. The molecule has 0 aromatic heterocycles. The summed E-state index contributed by atoms with van der Waals surface area (Å²) < 4.78 is 91.1. The summed E-state index contributed by atoms with van der Waals surface area (Å²) >= 11 is 0. The third-order valence-corrected chi connectivity index (χ3v) is 6.45. The van der Waals surface area contributed by atoms with Gasteiger partial charge in [-0.05, 0) is 35.9 Å². The summed E-state index contributed by atoms with van der Waals surface area (Å²) in [6.45, 7) is 0. The average molecular weight is 556 g/mol. The van der Waals surface area contributed by atoms with Gasteiger partial charge in [-0.25, -0.2) is 8.42 Å². The highest BCUT2D eigenvalue weighted by atomic mass is 32.2. The highest BCUT2D eigenvalue weighted by Gasteiger charge is 2.31. The Balaban J connectivity index is 2.03. The number of halogens is 3. The van der Waals surface area contributed by atoms with Gasteiger partial charge in [0.05, 0.1) is 39.0 Å². The van der Waals surface area contributed by atoms with Crippen LogP contribution >= 0.6 is 0 Å². The zero-order valence-electron chi connectivity index (χ0n) is 20.6. The molecule has 13 heteroatoms. The Morgan fingerprint density at radius 3 is 2.03 bits per heavy atom. The summed E-state index contributed by atoms with van der Waals surface area (Å²) in [6.07, 6.45) is -1.90. The molecule has 0 aliphatic heterocycles. The largest absolute Gasteiger partial charge is 0.573 e. The van der Waals surface area contributed by atoms with Crippen molar-refractivity contribution in [2.45, 2.75) is 11.3 Å². The van der Waals surface area contributed by atoms with E-state index < -0.39 is 27.0 Å². The fourth-order valence-electron chi connectivity index (χ4n) is 3.40. The Bertz CT molecular complexity index is 1410. The van der Waals surface area contributed by atoms with Crippen LogP contribution in [0.1, 0.15) is 11.1 Å². The quantitative estimate of drug-likeness (QED) is 0.256. The van der Waals surface area contributed by atoms with Crippen molar-refractivity contribution in [3.8, 4) is 34.5 Å². The molecular weight excluding hydrogens is 531 g/mol. The van der Waals surface area contributed by atoms with Gasteiger partial charge in [0, 0.05) is 17.7 Å². The third kappa shape index (κ3) is 6.73. The fraction of sp³-hybridized carbons (Fsp3) is 0.200. The van der Waals surface area contributed by atoms with Crippen LogP contribution in [0.15, 0.2) is 53.4 Å². The second-order valence-corrected chi connectivity index (χ2v) is 9.21. The molecule has 0 spiro atoms. The van der Waals surface area contributed by atoms with Crippen molar-refractivity contribution < 1.29 is 50.4 Å². The van der Waals surface area contributed by atoms with Crippen LogP contribution in [0, 0.1) is 0 Å². The van der Waals surface area contributed by atoms with Gasteiger partial charge in [-0.3, -0.25) is 4.72 Å². The molecule has 0 atom stereocenters. The van der Waals surface area contributed by atoms with E-state index in [-0.39, 0.29) is 22.7 Å². The highest BCUT2D eigenvalue weighted by Crippen LogP contribution is 2.39. The molecule has 3 aromatic carbocycles. The number of aromatic hydroxyl groups is 1. The normalized spacial score (nSPS) is 11.8. The van der Waals surface area contributed by atoms with Gasteiger partial charge in [-0.2, -0.15) is 0 Å². The van der Waals surface area contributed by atoms with Crippen molar-refractivity contribution in [1.82, 2.24) is 0 Å². The number of sulfonamides is 1. The van der Waals surface area contributed by atoms with Gasteiger partial charge < -0.3 is 28.8 Å². The molecular formula is C25H24F3NO8S. The number of phenols is 1. The van der Waals surface area contributed by atoms with E-state index in [9.17, 15) is 26.7 Å². The Kier molecular flexibility index (Phi) is 8.51. The second-order valence-electron chi connectivity index (χ2n) is 7.53. The minimum Gasteiger partial charge on any atom is -0.504 e. The molecule has 0 unspecified atom stereocenters. The molecule has 0 amide bonds. The Hall–Kier alpha value is -4.26. The van der Waals surface area contributed by atoms with Crippen molar-refractivity contribution in [2.75, 3.05) is 33.2 Å². The molecule has 3 rings (SSSR count). The number of hydrogen-bond acceptors (Lipinski definition) is 8. The van der Waals surface area contributed by atoms with Crippen LogP contribution in [0.5, 0.6) is 34.5 Å². The zero-order valence-corrected chi connectivity index (χ0v) is 21.4.